The first-order valence-electron chi connectivity index (χ1n) is 4.82. The first-order valence-corrected chi connectivity index (χ1v) is 5.62. The van der Waals surface area contributed by atoms with E-state index in [0.29, 0.717) is 5.75 Å². The van der Waals surface area contributed by atoms with Crippen molar-refractivity contribution >= 4 is 15.9 Å². The number of benzene rings is 1. The quantitative estimate of drug-likeness (QED) is 0.862. The van der Waals surface area contributed by atoms with Gasteiger partial charge in [-0.2, -0.15) is 0 Å². The molecule has 0 unspecified atom stereocenters. The van der Waals surface area contributed by atoms with E-state index in [1.807, 2.05) is 0 Å². The van der Waals surface area contributed by atoms with E-state index in [2.05, 4.69) is 20.9 Å². The minimum atomic E-state index is -0.491. The predicted molar refractivity (Wildman–Crippen MR) is 62.6 cm³/mol. The van der Waals surface area contributed by atoms with E-state index >= 15 is 0 Å². The smallest absolute Gasteiger partial charge is 0.139 e. The van der Waals surface area contributed by atoms with Gasteiger partial charge < -0.3 is 4.74 Å². The SMILES string of the molecule is Fc1ccc(F)c(COc2cncc(Br)c2)c1. The summed E-state index contributed by atoms with van der Waals surface area (Å²) >= 11 is 3.24. The summed E-state index contributed by atoms with van der Waals surface area (Å²) in [6.07, 6.45) is 3.11. The van der Waals surface area contributed by atoms with Crippen molar-refractivity contribution in [2.45, 2.75) is 6.61 Å². The zero-order valence-corrected chi connectivity index (χ0v) is 10.2. The van der Waals surface area contributed by atoms with Gasteiger partial charge in [0.05, 0.1) is 6.20 Å². The fourth-order valence-corrected chi connectivity index (χ4v) is 1.63. The predicted octanol–water partition coefficient (Wildman–Crippen LogP) is 3.70. The number of rotatable bonds is 3. The average Bonchev–Trinajstić information content (AvgIpc) is 2.30. The van der Waals surface area contributed by atoms with Gasteiger partial charge in [0.25, 0.3) is 0 Å². The molecule has 0 aliphatic heterocycles. The summed E-state index contributed by atoms with van der Waals surface area (Å²) in [6, 6.07) is 4.96. The van der Waals surface area contributed by atoms with Crippen LogP contribution in [0.1, 0.15) is 5.56 Å². The van der Waals surface area contributed by atoms with Gasteiger partial charge in [-0.25, -0.2) is 8.78 Å². The topological polar surface area (TPSA) is 22.1 Å². The number of hydrogen-bond acceptors (Lipinski definition) is 2. The van der Waals surface area contributed by atoms with Crippen molar-refractivity contribution in [2.24, 2.45) is 0 Å². The van der Waals surface area contributed by atoms with Gasteiger partial charge in [0.1, 0.15) is 24.0 Å². The summed E-state index contributed by atoms with van der Waals surface area (Å²) in [6.45, 7) is -0.0400. The maximum atomic E-state index is 13.3. The molecular formula is C12H8BrF2NO. The molecular weight excluding hydrogens is 292 g/mol. The maximum Gasteiger partial charge on any atom is 0.139 e. The fourth-order valence-electron chi connectivity index (χ4n) is 1.29. The second kappa shape index (κ2) is 5.23. The van der Waals surface area contributed by atoms with Crippen LogP contribution in [0.15, 0.2) is 41.1 Å². The lowest BCUT2D eigenvalue weighted by Gasteiger charge is -2.07. The van der Waals surface area contributed by atoms with Crippen LogP contribution >= 0.6 is 15.9 Å². The van der Waals surface area contributed by atoms with Gasteiger partial charge in [0.15, 0.2) is 0 Å². The number of ether oxygens (including phenoxy) is 1. The van der Waals surface area contributed by atoms with Crippen molar-refractivity contribution in [1.29, 1.82) is 0 Å². The Morgan fingerprint density at radius 1 is 1.18 bits per heavy atom. The Morgan fingerprint density at radius 2 is 2.00 bits per heavy atom. The Bertz CT molecular complexity index is 534. The molecule has 0 fully saturated rings. The summed E-state index contributed by atoms with van der Waals surface area (Å²) < 4.78 is 32.2. The molecule has 5 heteroatoms. The monoisotopic (exact) mass is 299 g/mol. The van der Waals surface area contributed by atoms with Crippen LogP contribution in [-0.4, -0.2) is 4.98 Å². The summed E-state index contributed by atoms with van der Waals surface area (Å²) in [5, 5.41) is 0. The molecule has 1 aromatic carbocycles. The lowest BCUT2D eigenvalue weighted by molar-refractivity contribution is 0.297. The van der Waals surface area contributed by atoms with Crippen LogP contribution in [0.2, 0.25) is 0 Å². The van der Waals surface area contributed by atoms with E-state index in [1.54, 1.807) is 12.3 Å². The molecule has 17 heavy (non-hydrogen) atoms. The normalized spacial score (nSPS) is 10.3. The van der Waals surface area contributed by atoms with E-state index in [9.17, 15) is 8.78 Å². The van der Waals surface area contributed by atoms with E-state index in [-0.39, 0.29) is 12.2 Å². The summed E-state index contributed by atoms with van der Waals surface area (Å²) in [7, 11) is 0. The molecule has 0 saturated carbocycles. The van der Waals surface area contributed by atoms with Gasteiger partial charge >= 0.3 is 0 Å². The molecule has 0 atom stereocenters. The molecule has 0 bridgehead atoms. The Balaban J connectivity index is 2.09. The van der Waals surface area contributed by atoms with Crippen molar-refractivity contribution in [3.63, 3.8) is 0 Å². The van der Waals surface area contributed by atoms with Crippen LogP contribution in [0.5, 0.6) is 5.75 Å². The summed E-state index contributed by atoms with van der Waals surface area (Å²) in [4.78, 5) is 3.90. The highest BCUT2D eigenvalue weighted by Gasteiger charge is 2.05. The fraction of sp³-hybridized carbons (Fsp3) is 0.0833. The third-order valence-corrected chi connectivity index (χ3v) is 2.52. The zero-order valence-electron chi connectivity index (χ0n) is 8.66. The zero-order chi connectivity index (χ0) is 12.3. The van der Waals surface area contributed by atoms with Crippen LogP contribution in [0.4, 0.5) is 8.78 Å². The Morgan fingerprint density at radius 3 is 2.76 bits per heavy atom. The minimum Gasteiger partial charge on any atom is -0.487 e. The van der Waals surface area contributed by atoms with Crippen molar-refractivity contribution in [3.05, 3.63) is 58.3 Å². The van der Waals surface area contributed by atoms with E-state index in [0.717, 1.165) is 22.7 Å². The van der Waals surface area contributed by atoms with Gasteiger partial charge in [-0.15, -0.1) is 0 Å². The standard InChI is InChI=1S/C12H8BrF2NO/c13-9-4-11(6-16-5-9)17-7-8-3-10(14)1-2-12(8)15/h1-6H,7H2. The van der Waals surface area contributed by atoms with Gasteiger partial charge in [0, 0.05) is 16.2 Å². The van der Waals surface area contributed by atoms with Crippen LogP contribution in [0, 0.1) is 11.6 Å². The lowest BCUT2D eigenvalue weighted by atomic mass is 10.2. The molecule has 0 spiro atoms. The highest BCUT2D eigenvalue weighted by molar-refractivity contribution is 9.10. The van der Waals surface area contributed by atoms with Gasteiger partial charge in [-0.05, 0) is 40.2 Å². The van der Waals surface area contributed by atoms with Crippen molar-refractivity contribution in [3.8, 4) is 5.75 Å². The molecule has 0 amide bonds. The molecule has 0 saturated heterocycles. The number of aromatic nitrogens is 1. The van der Waals surface area contributed by atoms with Crippen LogP contribution in [-0.2, 0) is 6.61 Å². The molecule has 0 aliphatic carbocycles. The molecule has 0 radical (unpaired) electrons. The highest BCUT2D eigenvalue weighted by Crippen LogP contribution is 2.18. The third kappa shape index (κ3) is 3.23. The Labute approximate surface area is 105 Å². The number of nitrogens with zero attached hydrogens (tertiary/aromatic N) is 1. The molecule has 2 nitrogen and oxygen atoms in total. The average molecular weight is 300 g/mol. The molecule has 2 rings (SSSR count). The Kier molecular flexibility index (Phi) is 3.68. The van der Waals surface area contributed by atoms with Gasteiger partial charge in [-0.1, -0.05) is 0 Å². The van der Waals surface area contributed by atoms with E-state index in [4.69, 9.17) is 4.74 Å². The third-order valence-electron chi connectivity index (χ3n) is 2.08. The van der Waals surface area contributed by atoms with E-state index in [1.165, 1.54) is 6.20 Å². The summed E-state index contributed by atoms with van der Waals surface area (Å²) in [5.74, 6) is -0.491. The number of halogens is 3. The molecule has 1 aromatic heterocycles. The van der Waals surface area contributed by atoms with Crippen molar-refractivity contribution < 1.29 is 13.5 Å². The number of hydrogen-bond donors (Lipinski definition) is 0. The molecule has 2 aromatic rings. The van der Waals surface area contributed by atoms with Crippen molar-refractivity contribution in [1.82, 2.24) is 4.98 Å². The maximum absolute atomic E-state index is 13.3. The second-order valence-corrected chi connectivity index (χ2v) is 4.28. The molecule has 1 heterocycles. The molecule has 0 N–H and O–H groups in total. The summed E-state index contributed by atoms with van der Waals surface area (Å²) in [5.41, 5.74) is 0.171. The van der Waals surface area contributed by atoms with E-state index < -0.39 is 11.6 Å². The largest absolute Gasteiger partial charge is 0.487 e. The Hall–Kier alpha value is -1.49. The first kappa shape index (κ1) is 12.0. The second-order valence-electron chi connectivity index (χ2n) is 3.36. The van der Waals surface area contributed by atoms with Crippen LogP contribution in [0.3, 0.4) is 0 Å². The lowest BCUT2D eigenvalue weighted by Crippen LogP contribution is -1.99. The molecule has 0 aliphatic rings. The molecule has 88 valence electrons. The van der Waals surface area contributed by atoms with Crippen LogP contribution in [0.25, 0.3) is 0 Å². The van der Waals surface area contributed by atoms with Gasteiger partial charge in [-0.3, -0.25) is 4.98 Å². The van der Waals surface area contributed by atoms with Crippen molar-refractivity contribution in [2.75, 3.05) is 0 Å². The minimum absolute atomic E-state index is 0.0400. The highest BCUT2D eigenvalue weighted by atomic mass is 79.9. The van der Waals surface area contributed by atoms with Crippen LogP contribution < -0.4 is 4.74 Å². The van der Waals surface area contributed by atoms with Gasteiger partial charge in [0.2, 0.25) is 0 Å². The number of pyridine rings is 1. The first-order chi connectivity index (χ1) is 8.15.